The van der Waals surface area contributed by atoms with Crippen LogP contribution in [0.4, 0.5) is 11.4 Å². The molecule has 2 rings (SSSR count). The highest BCUT2D eigenvalue weighted by atomic mass is 32.1. The highest BCUT2D eigenvalue weighted by Gasteiger charge is 2.17. The minimum Gasteiger partial charge on any atom is -0.478 e. The second-order valence-electron chi connectivity index (χ2n) is 4.16. The summed E-state index contributed by atoms with van der Waals surface area (Å²) in [5.74, 6) is -1.19. The van der Waals surface area contributed by atoms with Crippen LogP contribution in [0.25, 0.3) is 0 Å². The molecule has 104 valence electrons. The van der Waals surface area contributed by atoms with Crippen molar-refractivity contribution in [2.24, 2.45) is 0 Å². The standard InChI is InChI=1S/C13H12N2O4S/c1-8-2-4-10(20-8)7-14-11-5-3-9(13(16)17)6-12(11)15(18)19/h2-6,14H,7H2,1H3,(H,16,17). The molecule has 0 fully saturated rings. The molecular formula is C13H12N2O4S. The lowest BCUT2D eigenvalue weighted by molar-refractivity contribution is -0.384. The fraction of sp³-hybridized carbons (Fsp3) is 0.154. The maximum absolute atomic E-state index is 11.0. The fourth-order valence-corrected chi connectivity index (χ4v) is 2.56. The van der Waals surface area contributed by atoms with Gasteiger partial charge >= 0.3 is 5.97 Å². The maximum Gasteiger partial charge on any atom is 0.335 e. The third-order valence-corrected chi connectivity index (χ3v) is 3.69. The SMILES string of the molecule is Cc1ccc(CNc2ccc(C(=O)O)cc2[N+](=O)[O-])s1. The zero-order chi connectivity index (χ0) is 14.7. The molecule has 0 aliphatic heterocycles. The molecule has 1 aromatic carbocycles. The predicted octanol–water partition coefficient (Wildman–Crippen LogP) is 3.28. The Morgan fingerprint density at radius 3 is 2.70 bits per heavy atom. The molecule has 0 amide bonds. The van der Waals surface area contributed by atoms with Crippen molar-refractivity contribution in [2.75, 3.05) is 5.32 Å². The number of hydrogen-bond donors (Lipinski definition) is 2. The van der Waals surface area contributed by atoms with Crippen molar-refractivity contribution in [2.45, 2.75) is 13.5 Å². The number of nitrogens with zero attached hydrogens (tertiary/aromatic N) is 1. The molecule has 0 bridgehead atoms. The Labute approximate surface area is 118 Å². The topological polar surface area (TPSA) is 92.5 Å². The first-order valence-electron chi connectivity index (χ1n) is 5.78. The highest BCUT2D eigenvalue weighted by molar-refractivity contribution is 7.11. The van der Waals surface area contributed by atoms with Gasteiger partial charge < -0.3 is 10.4 Å². The van der Waals surface area contributed by atoms with E-state index in [1.54, 1.807) is 11.3 Å². The monoisotopic (exact) mass is 292 g/mol. The van der Waals surface area contributed by atoms with Gasteiger partial charge in [-0.25, -0.2) is 4.79 Å². The largest absolute Gasteiger partial charge is 0.478 e. The summed E-state index contributed by atoms with van der Waals surface area (Å²) in [5, 5.41) is 22.8. The zero-order valence-electron chi connectivity index (χ0n) is 10.6. The van der Waals surface area contributed by atoms with Crippen LogP contribution in [0.2, 0.25) is 0 Å². The molecule has 2 N–H and O–H groups in total. The van der Waals surface area contributed by atoms with Gasteiger partial charge in [-0.15, -0.1) is 11.3 Å². The van der Waals surface area contributed by atoms with Crippen LogP contribution in [-0.2, 0) is 6.54 Å². The molecule has 0 saturated carbocycles. The van der Waals surface area contributed by atoms with Gasteiger partial charge in [0.05, 0.1) is 10.5 Å². The number of anilines is 1. The van der Waals surface area contributed by atoms with Gasteiger partial charge in [0, 0.05) is 22.4 Å². The number of thiophene rings is 1. The van der Waals surface area contributed by atoms with E-state index in [-0.39, 0.29) is 11.3 Å². The van der Waals surface area contributed by atoms with Crippen molar-refractivity contribution in [1.82, 2.24) is 0 Å². The van der Waals surface area contributed by atoms with Gasteiger partial charge in [0.25, 0.3) is 5.69 Å². The Morgan fingerprint density at radius 2 is 2.15 bits per heavy atom. The molecular weight excluding hydrogens is 280 g/mol. The van der Waals surface area contributed by atoms with Gasteiger partial charge in [-0.3, -0.25) is 10.1 Å². The zero-order valence-corrected chi connectivity index (χ0v) is 11.4. The third kappa shape index (κ3) is 3.12. The molecule has 1 heterocycles. The summed E-state index contributed by atoms with van der Waals surface area (Å²) in [4.78, 5) is 23.4. The Hall–Kier alpha value is -2.41. The van der Waals surface area contributed by atoms with Crippen LogP contribution in [0.5, 0.6) is 0 Å². The third-order valence-electron chi connectivity index (χ3n) is 2.69. The van der Waals surface area contributed by atoms with Gasteiger partial charge in [-0.05, 0) is 31.2 Å². The van der Waals surface area contributed by atoms with E-state index in [9.17, 15) is 14.9 Å². The maximum atomic E-state index is 11.0. The van der Waals surface area contributed by atoms with Gasteiger partial charge in [0.2, 0.25) is 0 Å². The van der Waals surface area contributed by atoms with Crippen LogP contribution in [0.3, 0.4) is 0 Å². The summed E-state index contributed by atoms with van der Waals surface area (Å²) >= 11 is 1.60. The lowest BCUT2D eigenvalue weighted by Gasteiger charge is -2.06. The second-order valence-corrected chi connectivity index (χ2v) is 5.53. The molecule has 20 heavy (non-hydrogen) atoms. The molecule has 7 heteroatoms. The van der Waals surface area contributed by atoms with Crippen molar-refractivity contribution in [3.05, 3.63) is 55.8 Å². The second kappa shape index (κ2) is 5.70. The van der Waals surface area contributed by atoms with E-state index in [0.29, 0.717) is 12.2 Å². The lowest BCUT2D eigenvalue weighted by atomic mass is 10.1. The van der Waals surface area contributed by atoms with Gasteiger partial charge in [0.15, 0.2) is 0 Å². The Balaban J connectivity index is 2.22. The van der Waals surface area contributed by atoms with Gasteiger partial charge in [-0.2, -0.15) is 0 Å². The minimum absolute atomic E-state index is 0.103. The number of carbonyl (C=O) groups is 1. The van der Waals surface area contributed by atoms with Crippen LogP contribution in [-0.4, -0.2) is 16.0 Å². The van der Waals surface area contributed by atoms with Crippen molar-refractivity contribution in [1.29, 1.82) is 0 Å². The van der Waals surface area contributed by atoms with Crippen LogP contribution in [0.15, 0.2) is 30.3 Å². The molecule has 0 aliphatic carbocycles. The number of rotatable bonds is 5. The van der Waals surface area contributed by atoms with Crippen LogP contribution in [0.1, 0.15) is 20.1 Å². The van der Waals surface area contributed by atoms with Crippen LogP contribution in [0, 0.1) is 17.0 Å². The van der Waals surface area contributed by atoms with E-state index in [4.69, 9.17) is 5.11 Å². The molecule has 0 unspecified atom stereocenters. The van der Waals surface area contributed by atoms with Crippen molar-refractivity contribution in [3.63, 3.8) is 0 Å². The van der Waals surface area contributed by atoms with E-state index >= 15 is 0 Å². The first kappa shape index (κ1) is 14.0. The number of nitrogens with one attached hydrogen (secondary N) is 1. The molecule has 0 radical (unpaired) electrons. The van der Waals surface area contributed by atoms with Crippen molar-refractivity contribution in [3.8, 4) is 0 Å². The quantitative estimate of drug-likeness (QED) is 0.651. The molecule has 0 atom stereocenters. The smallest absolute Gasteiger partial charge is 0.335 e. The highest BCUT2D eigenvalue weighted by Crippen LogP contribution is 2.27. The van der Waals surface area contributed by atoms with E-state index in [1.165, 1.54) is 12.1 Å². The molecule has 1 aromatic heterocycles. The number of carboxylic acids is 1. The molecule has 6 nitrogen and oxygen atoms in total. The number of carboxylic acid groups (broad SMARTS) is 1. The summed E-state index contributed by atoms with van der Waals surface area (Å²) < 4.78 is 0. The first-order chi connectivity index (χ1) is 9.47. The van der Waals surface area contributed by atoms with Gasteiger partial charge in [-0.1, -0.05) is 0 Å². The summed E-state index contributed by atoms with van der Waals surface area (Å²) in [6.45, 7) is 2.45. The summed E-state index contributed by atoms with van der Waals surface area (Å²) in [6.07, 6.45) is 0. The molecule has 2 aromatic rings. The lowest BCUT2D eigenvalue weighted by Crippen LogP contribution is -2.04. The Morgan fingerprint density at radius 1 is 1.40 bits per heavy atom. The summed E-state index contributed by atoms with van der Waals surface area (Å²) in [6, 6.07) is 7.75. The normalized spacial score (nSPS) is 10.2. The summed E-state index contributed by atoms with van der Waals surface area (Å²) in [5.41, 5.74) is -0.0292. The first-order valence-corrected chi connectivity index (χ1v) is 6.60. The Bertz CT molecular complexity index is 666. The van der Waals surface area contributed by atoms with E-state index in [1.807, 2.05) is 19.1 Å². The number of nitro benzene ring substituents is 1. The Kier molecular flexibility index (Phi) is 3.99. The number of hydrogen-bond acceptors (Lipinski definition) is 5. The van der Waals surface area contributed by atoms with Crippen LogP contribution >= 0.6 is 11.3 Å². The molecule has 0 saturated heterocycles. The summed E-state index contributed by atoms with van der Waals surface area (Å²) in [7, 11) is 0. The minimum atomic E-state index is -1.19. The number of nitro groups is 1. The van der Waals surface area contributed by atoms with E-state index in [0.717, 1.165) is 15.8 Å². The van der Waals surface area contributed by atoms with Crippen molar-refractivity contribution >= 4 is 28.7 Å². The molecule has 0 spiro atoms. The molecule has 0 aliphatic rings. The van der Waals surface area contributed by atoms with Gasteiger partial charge in [0.1, 0.15) is 5.69 Å². The average molecular weight is 292 g/mol. The van der Waals surface area contributed by atoms with E-state index < -0.39 is 10.9 Å². The number of benzene rings is 1. The fourth-order valence-electron chi connectivity index (χ4n) is 1.73. The van der Waals surface area contributed by atoms with Crippen molar-refractivity contribution < 1.29 is 14.8 Å². The number of aryl methyl sites for hydroxylation is 1. The van der Waals surface area contributed by atoms with E-state index in [2.05, 4.69) is 5.32 Å². The van der Waals surface area contributed by atoms with Crippen LogP contribution < -0.4 is 5.32 Å². The number of aromatic carboxylic acids is 1. The predicted molar refractivity (Wildman–Crippen MR) is 76.4 cm³/mol. The average Bonchev–Trinajstić information content (AvgIpc) is 2.81.